The maximum atomic E-state index is 10.9. The quantitative estimate of drug-likeness (QED) is 0.404. The molecule has 0 saturated heterocycles. The predicted molar refractivity (Wildman–Crippen MR) is 93.2 cm³/mol. The fraction of sp³-hybridized carbons (Fsp3) is 0.0556. The van der Waals surface area contributed by atoms with Gasteiger partial charge in [-0.15, -0.1) is 0 Å². The van der Waals surface area contributed by atoms with E-state index in [0.717, 1.165) is 11.3 Å². The zero-order valence-electron chi connectivity index (χ0n) is 13.5. The molecule has 0 N–H and O–H groups in total. The number of hydrogen-bond acceptors (Lipinski definition) is 6. The Morgan fingerprint density at radius 1 is 1.04 bits per heavy atom. The van der Waals surface area contributed by atoms with Crippen molar-refractivity contribution in [3.63, 3.8) is 0 Å². The van der Waals surface area contributed by atoms with Gasteiger partial charge < -0.3 is 4.52 Å². The van der Waals surface area contributed by atoms with Crippen LogP contribution in [0.15, 0.2) is 71.5 Å². The molecule has 0 aliphatic carbocycles. The molecule has 128 valence electrons. The number of nitro benzene ring substituents is 1. The summed E-state index contributed by atoms with van der Waals surface area (Å²) in [7, 11) is 0. The number of benzene rings is 2. The molecule has 0 saturated carbocycles. The van der Waals surface area contributed by atoms with Crippen LogP contribution in [-0.2, 0) is 6.54 Å². The highest BCUT2D eigenvalue weighted by atomic mass is 16.6. The van der Waals surface area contributed by atoms with Gasteiger partial charge in [-0.25, -0.2) is 9.67 Å². The molecule has 0 fully saturated rings. The Hall–Kier alpha value is -3.81. The topological polar surface area (TPSA) is 99.9 Å². The molecule has 2 aromatic heterocycles. The molecule has 0 radical (unpaired) electrons. The molecule has 4 rings (SSSR count). The Morgan fingerprint density at radius 3 is 2.65 bits per heavy atom. The van der Waals surface area contributed by atoms with Gasteiger partial charge in [0, 0.05) is 29.3 Å². The average molecular weight is 347 g/mol. The minimum Gasteiger partial charge on any atom is -0.359 e. The normalized spacial score (nSPS) is 10.8. The highest BCUT2D eigenvalue weighted by molar-refractivity contribution is 5.59. The summed E-state index contributed by atoms with van der Waals surface area (Å²) in [5, 5.41) is 19.3. The van der Waals surface area contributed by atoms with E-state index in [-0.39, 0.29) is 5.69 Å². The largest absolute Gasteiger partial charge is 0.359 e. The fourth-order valence-corrected chi connectivity index (χ4v) is 2.55. The van der Waals surface area contributed by atoms with Crippen molar-refractivity contribution < 1.29 is 9.45 Å². The van der Waals surface area contributed by atoms with E-state index in [0.29, 0.717) is 23.7 Å². The van der Waals surface area contributed by atoms with Gasteiger partial charge in [-0.1, -0.05) is 47.6 Å². The van der Waals surface area contributed by atoms with E-state index in [4.69, 9.17) is 4.52 Å². The van der Waals surface area contributed by atoms with E-state index >= 15 is 0 Å². The minimum absolute atomic E-state index is 0.00147. The number of nitro groups is 1. The Balaban J connectivity index is 1.53. The molecule has 8 heteroatoms. The molecule has 0 unspecified atom stereocenters. The third kappa shape index (κ3) is 3.20. The summed E-state index contributed by atoms with van der Waals surface area (Å²) in [5.74, 6) is 1.05. The third-order valence-corrected chi connectivity index (χ3v) is 3.80. The SMILES string of the molecule is O=[N+]([O-])c1cccc(-c2ncn(Cc3cc(-c4ccccc4)no3)n2)c1. The lowest BCUT2D eigenvalue weighted by molar-refractivity contribution is -0.384. The maximum Gasteiger partial charge on any atom is 0.270 e. The summed E-state index contributed by atoms with van der Waals surface area (Å²) < 4.78 is 6.96. The van der Waals surface area contributed by atoms with E-state index in [1.54, 1.807) is 23.1 Å². The molecule has 0 spiro atoms. The summed E-state index contributed by atoms with van der Waals surface area (Å²) >= 11 is 0. The monoisotopic (exact) mass is 347 g/mol. The van der Waals surface area contributed by atoms with Crippen molar-refractivity contribution in [1.82, 2.24) is 19.9 Å². The van der Waals surface area contributed by atoms with Gasteiger partial charge in [0.05, 0.1) is 4.92 Å². The van der Waals surface area contributed by atoms with Crippen molar-refractivity contribution in [2.24, 2.45) is 0 Å². The Labute approximate surface area is 147 Å². The predicted octanol–water partition coefficient (Wildman–Crippen LogP) is 3.56. The van der Waals surface area contributed by atoms with Crippen molar-refractivity contribution in [1.29, 1.82) is 0 Å². The number of rotatable bonds is 5. The summed E-state index contributed by atoms with van der Waals surface area (Å²) in [6.45, 7) is 0.363. The highest BCUT2D eigenvalue weighted by Gasteiger charge is 2.12. The Bertz CT molecular complexity index is 1060. The van der Waals surface area contributed by atoms with Crippen LogP contribution in [0.5, 0.6) is 0 Å². The van der Waals surface area contributed by atoms with E-state index in [2.05, 4.69) is 15.2 Å². The van der Waals surface area contributed by atoms with Crippen LogP contribution in [0.4, 0.5) is 5.69 Å². The van der Waals surface area contributed by atoms with Crippen molar-refractivity contribution >= 4 is 5.69 Å². The first-order valence-corrected chi connectivity index (χ1v) is 7.84. The van der Waals surface area contributed by atoms with Crippen LogP contribution in [0.25, 0.3) is 22.6 Å². The molecular weight excluding hydrogens is 334 g/mol. The van der Waals surface area contributed by atoms with Gasteiger partial charge in [0.1, 0.15) is 18.6 Å². The Morgan fingerprint density at radius 2 is 1.85 bits per heavy atom. The third-order valence-electron chi connectivity index (χ3n) is 3.80. The summed E-state index contributed by atoms with van der Waals surface area (Å²) in [6.07, 6.45) is 1.55. The zero-order chi connectivity index (χ0) is 17.9. The molecular formula is C18H13N5O3. The van der Waals surface area contributed by atoms with Crippen molar-refractivity contribution in [2.45, 2.75) is 6.54 Å². The molecule has 0 aliphatic rings. The molecule has 8 nitrogen and oxygen atoms in total. The van der Waals surface area contributed by atoms with Crippen LogP contribution in [-0.4, -0.2) is 24.8 Å². The number of hydrogen-bond donors (Lipinski definition) is 0. The van der Waals surface area contributed by atoms with Crippen LogP contribution < -0.4 is 0 Å². The van der Waals surface area contributed by atoms with Crippen LogP contribution in [0.3, 0.4) is 0 Å². The standard InChI is InChI=1S/C18H13N5O3/c24-23(25)15-8-4-7-14(9-15)18-19-12-22(20-18)11-16-10-17(21-26-16)13-5-2-1-3-6-13/h1-10,12H,11H2. The first-order valence-electron chi connectivity index (χ1n) is 7.84. The van der Waals surface area contributed by atoms with Crippen LogP contribution in [0.2, 0.25) is 0 Å². The van der Waals surface area contributed by atoms with Gasteiger partial charge in [0.25, 0.3) is 5.69 Å². The second kappa shape index (κ2) is 6.60. The summed E-state index contributed by atoms with van der Waals surface area (Å²) in [4.78, 5) is 14.7. The van der Waals surface area contributed by atoms with E-state index in [9.17, 15) is 10.1 Å². The zero-order valence-corrected chi connectivity index (χ0v) is 13.5. The lowest BCUT2D eigenvalue weighted by Gasteiger charge is -1.97. The number of aromatic nitrogens is 4. The average Bonchev–Trinajstić information content (AvgIpc) is 3.33. The van der Waals surface area contributed by atoms with E-state index in [1.165, 1.54) is 12.1 Å². The summed E-state index contributed by atoms with van der Waals surface area (Å²) in [5.41, 5.74) is 2.31. The molecule has 0 aliphatic heterocycles. The van der Waals surface area contributed by atoms with Crippen LogP contribution >= 0.6 is 0 Å². The molecule has 0 atom stereocenters. The first-order chi connectivity index (χ1) is 12.7. The Kier molecular flexibility index (Phi) is 3.98. The second-order valence-electron chi connectivity index (χ2n) is 5.62. The summed E-state index contributed by atoms with van der Waals surface area (Å²) in [6, 6.07) is 17.8. The van der Waals surface area contributed by atoms with Gasteiger partial charge in [0.2, 0.25) is 0 Å². The van der Waals surface area contributed by atoms with Crippen molar-refractivity contribution in [3.05, 3.63) is 82.9 Å². The van der Waals surface area contributed by atoms with Gasteiger partial charge in [-0.05, 0) is 0 Å². The molecule has 0 bridgehead atoms. The lowest BCUT2D eigenvalue weighted by atomic mass is 10.1. The van der Waals surface area contributed by atoms with Gasteiger partial charge in [-0.2, -0.15) is 5.10 Å². The van der Waals surface area contributed by atoms with Gasteiger partial charge in [0.15, 0.2) is 11.6 Å². The van der Waals surface area contributed by atoms with Crippen LogP contribution in [0.1, 0.15) is 5.76 Å². The van der Waals surface area contributed by atoms with Crippen molar-refractivity contribution in [3.8, 4) is 22.6 Å². The van der Waals surface area contributed by atoms with Gasteiger partial charge in [-0.3, -0.25) is 10.1 Å². The smallest absolute Gasteiger partial charge is 0.270 e. The lowest BCUT2D eigenvalue weighted by Crippen LogP contribution is -1.99. The molecule has 0 amide bonds. The first kappa shape index (κ1) is 15.7. The van der Waals surface area contributed by atoms with Gasteiger partial charge >= 0.3 is 0 Å². The van der Waals surface area contributed by atoms with E-state index < -0.39 is 4.92 Å². The number of nitrogens with zero attached hydrogens (tertiary/aromatic N) is 5. The molecule has 26 heavy (non-hydrogen) atoms. The highest BCUT2D eigenvalue weighted by Crippen LogP contribution is 2.21. The molecule has 2 aromatic carbocycles. The van der Waals surface area contributed by atoms with Crippen LogP contribution in [0, 0.1) is 10.1 Å². The maximum absolute atomic E-state index is 10.9. The van der Waals surface area contributed by atoms with Crippen molar-refractivity contribution in [2.75, 3.05) is 0 Å². The number of non-ortho nitro benzene ring substituents is 1. The molecule has 2 heterocycles. The van der Waals surface area contributed by atoms with E-state index in [1.807, 2.05) is 36.4 Å². The second-order valence-corrected chi connectivity index (χ2v) is 5.62. The fourth-order valence-electron chi connectivity index (χ4n) is 2.55. The molecule has 4 aromatic rings. The minimum atomic E-state index is -0.444.